The maximum Gasteiger partial charge on any atom is 0.326 e. The molecule has 402 valence electrons. The maximum atomic E-state index is 13.9. The fourth-order valence-corrected chi connectivity index (χ4v) is 7.21. The van der Waals surface area contributed by atoms with Gasteiger partial charge in [-0.2, -0.15) is 25.3 Å². The van der Waals surface area contributed by atoms with Crippen molar-refractivity contribution in [2.45, 2.75) is 99.8 Å². The number of phenols is 1. The molecule has 3 rings (SSSR count). The molecule has 1 heterocycles. The lowest BCUT2D eigenvalue weighted by atomic mass is 10.0. The zero-order chi connectivity index (χ0) is 55.1. The molecule has 0 radical (unpaired) electrons. The van der Waals surface area contributed by atoms with Crippen molar-refractivity contribution in [2.24, 2.45) is 11.5 Å². The molecule has 3 aromatic rings. The topological polar surface area (TPSA) is 446 Å². The summed E-state index contributed by atoms with van der Waals surface area (Å²) >= 11 is 8.24. The van der Waals surface area contributed by atoms with Crippen LogP contribution in [-0.2, 0) is 72.0 Å². The Morgan fingerprint density at radius 1 is 0.595 bits per heavy atom. The van der Waals surface area contributed by atoms with Crippen molar-refractivity contribution in [1.29, 1.82) is 0 Å². The summed E-state index contributed by atoms with van der Waals surface area (Å²) in [5.74, 6) is -13.0. The minimum absolute atomic E-state index is 0.0768. The molecule has 0 fully saturated rings. The minimum Gasteiger partial charge on any atom is -0.508 e. The van der Waals surface area contributed by atoms with E-state index in [4.69, 9.17) is 11.5 Å². The fraction of sp³-hybridized carbons (Fsp3) is 0.422. The summed E-state index contributed by atoms with van der Waals surface area (Å²) in [5.41, 5.74) is 12.9. The van der Waals surface area contributed by atoms with E-state index in [0.29, 0.717) is 5.56 Å². The number of rotatable bonds is 31. The number of phenolic OH excluding ortho intramolecular Hbond substituents is 1. The van der Waals surface area contributed by atoms with Crippen molar-refractivity contribution < 1.29 is 73.2 Å². The summed E-state index contributed by atoms with van der Waals surface area (Å²) in [6, 6.07) is 0.457. The number of hydrogen-bond acceptors (Lipinski definition) is 17. The van der Waals surface area contributed by atoms with Crippen LogP contribution in [0.1, 0.15) is 43.0 Å². The smallest absolute Gasteiger partial charge is 0.326 e. The number of aliphatic hydroxyl groups is 1. The first kappa shape index (κ1) is 60.5. The molecule has 1 aromatic heterocycles. The van der Waals surface area contributed by atoms with Crippen molar-refractivity contribution >= 4 is 90.4 Å². The molecule has 0 aliphatic carbocycles. The summed E-state index contributed by atoms with van der Waals surface area (Å²) in [6.07, 6.45) is -0.212. The molecule has 0 bridgehead atoms. The second kappa shape index (κ2) is 30.3. The van der Waals surface area contributed by atoms with Crippen LogP contribution in [0.3, 0.4) is 0 Å². The number of benzene rings is 2. The molecular weight excluding hydrogens is 1010 g/mol. The van der Waals surface area contributed by atoms with E-state index in [-0.39, 0.29) is 42.2 Å². The number of amides is 9. The quantitative estimate of drug-likeness (QED) is 0.0268. The van der Waals surface area contributed by atoms with Gasteiger partial charge >= 0.3 is 11.9 Å². The summed E-state index contributed by atoms with van der Waals surface area (Å²) in [5, 5.41) is 57.3. The van der Waals surface area contributed by atoms with Gasteiger partial charge in [-0.1, -0.05) is 42.5 Å². The number of aliphatic carboxylic acids is 2. The van der Waals surface area contributed by atoms with Crippen LogP contribution in [0.4, 0.5) is 0 Å². The number of aromatic amines is 1. The molecule has 17 N–H and O–H groups in total. The van der Waals surface area contributed by atoms with E-state index in [1.807, 2.05) is 0 Å². The average Bonchev–Trinajstić information content (AvgIpc) is 3.88. The molecule has 0 spiro atoms. The first-order valence-corrected chi connectivity index (χ1v) is 23.8. The number of carboxylic acids is 2. The second-order valence-corrected chi connectivity index (χ2v) is 17.3. The Morgan fingerprint density at radius 2 is 1.08 bits per heavy atom. The largest absolute Gasteiger partial charge is 0.508 e. The number of carboxylic acid groups (broad SMARTS) is 2. The highest BCUT2D eigenvalue weighted by atomic mass is 32.1. The maximum absolute atomic E-state index is 13.9. The first-order valence-electron chi connectivity index (χ1n) is 22.6. The summed E-state index contributed by atoms with van der Waals surface area (Å²) in [6.45, 7) is 0.116. The minimum atomic E-state index is -1.91. The van der Waals surface area contributed by atoms with E-state index in [9.17, 15) is 73.2 Å². The second-order valence-electron chi connectivity index (χ2n) is 16.6. The highest BCUT2D eigenvalue weighted by Crippen LogP contribution is 2.12. The van der Waals surface area contributed by atoms with Crippen molar-refractivity contribution in [3.8, 4) is 5.75 Å². The van der Waals surface area contributed by atoms with Gasteiger partial charge in [-0.15, -0.1) is 0 Å². The van der Waals surface area contributed by atoms with Gasteiger partial charge in [0.25, 0.3) is 0 Å². The highest BCUT2D eigenvalue weighted by Gasteiger charge is 2.35. The molecule has 27 nitrogen and oxygen atoms in total. The third-order valence-corrected chi connectivity index (χ3v) is 11.5. The van der Waals surface area contributed by atoms with E-state index in [0.717, 1.165) is 5.56 Å². The molecule has 0 saturated carbocycles. The number of H-pyrrole nitrogens is 1. The molecule has 29 heteroatoms. The van der Waals surface area contributed by atoms with Crippen LogP contribution in [0.5, 0.6) is 5.75 Å². The number of carbonyl (C=O) groups excluding carboxylic acids is 9. The van der Waals surface area contributed by atoms with Gasteiger partial charge in [0.15, 0.2) is 0 Å². The monoisotopic (exact) mass is 1070 g/mol. The fourth-order valence-electron chi connectivity index (χ4n) is 6.70. The molecule has 9 amide bonds. The predicted molar refractivity (Wildman–Crippen MR) is 266 cm³/mol. The normalized spacial score (nSPS) is 14.6. The number of aliphatic hydroxyl groups excluding tert-OH is 1. The summed E-state index contributed by atoms with van der Waals surface area (Å²) in [4.78, 5) is 150. The van der Waals surface area contributed by atoms with Gasteiger partial charge in [0, 0.05) is 42.7 Å². The number of thiol groups is 2. The third kappa shape index (κ3) is 20.4. The Kier molecular flexibility index (Phi) is 24.8. The zero-order valence-electron chi connectivity index (χ0n) is 39.7. The number of imidazole rings is 1. The number of nitrogens with zero attached hydrogens (tertiary/aromatic N) is 1. The summed E-state index contributed by atoms with van der Waals surface area (Å²) < 4.78 is 0. The van der Waals surface area contributed by atoms with E-state index in [1.165, 1.54) is 43.7 Å². The van der Waals surface area contributed by atoms with Gasteiger partial charge < -0.3 is 79.4 Å². The van der Waals surface area contributed by atoms with Crippen LogP contribution in [0.15, 0.2) is 67.1 Å². The molecule has 0 saturated heterocycles. The van der Waals surface area contributed by atoms with Gasteiger partial charge in [0.05, 0.1) is 25.4 Å². The Labute approximate surface area is 433 Å². The third-order valence-electron chi connectivity index (χ3n) is 10.8. The number of nitrogens with two attached hydrogens (primary N) is 2. The lowest BCUT2D eigenvalue weighted by Gasteiger charge is -2.27. The number of primary amides is 1. The van der Waals surface area contributed by atoms with Crippen molar-refractivity contribution in [2.75, 3.05) is 18.1 Å². The Balaban J connectivity index is 1.73. The standard InChI is InChI=1S/C45H60N12O15S2/c1-22(50-43(69)33(19-73)56-38(64)27(46)13-23-5-3-2-4-6-23)37(63)55-32(18-58)42(68)51-28(11-12-36(61)62)39(65)53-30(16-35(47)60)41(67)52-29(15-25-17-48-21-49-25)40(66)57-34(20-74)44(70)54-31(45(71)72)14-24-7-9-26(59)10-8-24/h2-10,17,21-22,27-34,58-59,73-74H,11-16,18-20,46H2,1H3,(H2,47,60)(H,48,49)(H,50,69)(H,51,68)(H,52,67)(H,53,65)(H,54,70)(H,55,63)(H,56,64)(H,57,66)(H,61,62)(H,71,72). The van der Waals surface area contributed by atoms with Gasteiger partial charge in [0.2, 0.25) is 53.2 Å². The molecule has 9 atom stereocenters. The van der Waals surface area contributed by atoms with E-state index in [1.54, 1.807) is 30.3 Å². The molecule has 2 aromatic carbocycles. The highest BCUT2D eigenvalue weighted by molar-refractivity contribution is 7.80. The van der Waals surface area contributed by atoms with Crippen LogP contribution in [-0.4, -0.2) is 168 Å². The van der Waals surface area contributed by atoms with E-state index < -0.39 is 145 Å². The number of aromatic nitrogens is 2. The number of carbonyl (C=O) groups is 11. The van der Waals surface area contributed by atoms with Crippen LogP contribution in [0.2, 0.25) is 0 Å². The SMILES string of the molecule is CC(NC(=O)C(CS)NC(=O)C(N)Cc1ccccc1)C(=O)NC(CO)C(=O)NC(CCC(=O)O)C(=O)NC(CC(N)=O)C(=O)NC(Cc1cnc[nH]1)C(=O)NC(CS)C(=O)NC(Cc1ccc(O)cc1)C(=O)O. The van der Waals surface area contributed by atoms with Gasteiger partial charge in [-0.3, -0.25) is 47.9 Å². The Bertz CT molecular complexity index is 2440. The van der Waals surface area contributed by atoms with Crippen molar-refractivity contribution in [3.05, 3.63) is 83.9 Å². The molecular formula is C45H60N12O15S2. The van der Waals surface area contributed by atoms with Crippen LogP contribution in [0.25, 0.3) is 0 Å². The van der Waals surface area contributed by atoms with Crippen LogP contribution < -0.4 is 54.0 Å². The lowest BCUT2D eigenvalue weighted by Crippen LogP contribution is -2.61. The van der Waals surface area contributed by atoms with E-state index >= 15 is 0 Å². The van der Waals surface area contributed by atoms with Crippen LogP contribution >= 0.6 is 25.3 Å². The van der Waals surface area contributed by atoms with Crippen LogP contribution in [0, 0.1) is 0 Å². The Morgan fingerprint density at radius 3 is 1.64 bits per heavy atom. The predicted octanol–water partition coefficient (Wildman–Crippen LogP) is -4.95. The van der Waals surface area contributed by atoms with Gasteiger partial charge in [-0.25, -0.2) is 9.78 Å². The number of aromatic hydroxyl groups is 1. The molecule has 74 heavy (non-hydrogen) atoms. The molecule has 0 aliphatic heterocycles. The summed E-state index contributed by atoms with van der Waals surface area (Å²) in [7, 11) is 0. The van der Waals surface area contributed by atoms with E-state index in [2.05, 4.69) is 77.8 Å². The first-order chi connectivity index (χ1) is 35.0. The van der Waals surface area contributed by atoms with Crippen molar-refractivity contribution in [1.82, 2.24) is 52.5 Å². The van der Waals surface area contributed by atoms with Gasteiger partial charge in [0.1, 0.15) is 54.1 Å². The molecule has 9 unspecified atom stereocenters. The zero-order valence-corrected chi connectivity index (χ0v) is 41.5. The average molecular weight is 1070 g/mol. The lowest BCUT2D eigenvalue weighted by molar-refractivity contribution is -0.142. The Hall–Kier alpha value is -7.76. The van der Waals surface area contributed by atoms with Crippen molar-refractivity contribution in [3.63, 3.8) is 0 Å². The number of nitrogens with one attached hydrogen (secondary N) is 9. The number of hydrogen-bond donors (Lipinski definition) is 17. The van der Waals surface area contributed by atoms with Gasteiger partial charge in [-0.05, 0) is 43.0 Å². The molecule has 0 aliphatic rings.